The van der Waals surface area contributed by atoms with Crippen LogP contribution in [0.5, 0.6) is 11.5 Å². The number of aromatic amines is 1. The number of halogens is 1. The smallest absolute Gasteiger partial charge is 0.312 e. The first-order valence-electron chi connectivity index (χ1n) is 7.63. The van der Waals surface area contributed by atoms with Gasteiger partial charge in [0.1, 0.15) is 17.3 Å². The van der Waals surface area contributed by atoms with Crippen LogP contribution >= 0.6 is 0 Å². The molecule has 3 aromatic rings. The maximum Gasteiger partial charge on any atom is 0.312 e. The summed E-state index contributed by atoms with van der Waals surface area (Å²) >= 11 is 0. The van der Waals surface area contributed by atoms with Gasteiger partial charge in [-0.3, -0.25) is 5.10 Å². The summed E-state index contributed by atoms with van der Waals surface area (Å²) in [5.41, 5.74) is 8.33. The zero-order chi connectivity index (χ0) is 17.8. The molecular weight excluding hydrogens is 323 g/mol. The van der Waals surface area contributed by atoms with Crippen molar-refractivity contribution in [2.24, 2.45) is 5.73 Å². The number of rotatable bonds is 5. The molecule has 2 amide bonds. The third-order valence-corrected chi connectivity index (χ3v) is 3.72. The minimum Gasteiger partial charge on any atom is -0.453 e. The van der Waals surface area contributed by atoms with Crippen molar-refractivity contribution in [1.82, 2.24) is 15.5 Å². The quantitative estimate of drug-likeness (QED) is 0.664. The summed E-state index contributed by atoms with van der Waals surface area (Å²) in [6, 6.07) is 11.0. The molecule has 0 aliphatic rings. The van der Waals surface area contributed by atoms with Crippen molar-refractivity contribution in [3.05, 3.63) is 65.6 Å². The van der Waals surface area contributed by atoms with Gasteiger partial charge in [-0.1, -0.05) is 6.07 Å². The molecule has 0 radical (unpaired) electrons. The molecule has 3 rings (SSSR count). The van der Waals surface area contributed by atoms with Crippen LogP contribution < -0.4 is 15.8 Å². The predicted octanol–water partition coefficient (Wildman–Crippen LogP) is 3.48. The topological polar surface area (TPSA) is 93.0 Å². The van der Waals surface area contributed by atoms with Gasteiger partial charge in [0.15, 0.2) is 5.75 Å². The fraction of sp³-hybridized carbons (Fsp3) is 0.111. The summed E-state index contributed by atoms with van der Waals surface area (Å²) < 4.78 is 19.0. The Morgan fingerprint density at radius 2 is 2.04 bits per heavy atom. The van der Waals surface area contributed by atoms with E-state index in [4.69, 9.17) is 10.5 Å². The number of primary amides is 1. The van der Waals surface area contributed by atoms with E-state index in [1.807, 2.05) is 25.1 Å². The number of aryl methyl sites for hydroxylation is 1. The largest absolute Gasteiger partial charge is 0.453 e. The molecule has 6 nitrogen and oxygen atoms in total. The average Bonchev–Trinajstić information content (AvgIpc) is 3.04. The second kappa shape index (κ2) is 7.04. The van der Waals surface area contributed by atoms with Crippen LogP contribution in [0.1, 0.15) is 11.1 Å². The monoisotopic (exact) mass is 340 g/mol. The first kappa shape index (κ1) is 16.5. The van der Waals surface area contributed by atoms with E-state index in [9.17, 15) is 9.18 Å². The summed E-state index contributed by atoms with van der Waals surface area (Å²) in [6.45, 7) is 2.25. The molecule has 0 unspecified atom stereocenters. The lowest BCUT2D eigenvalue weighted by Crippen LogP contribution is -2.28. The highest BCUT2D eigenvalue weighted by Crippen LogP contribution is 2.32. The van der Waals surface area contributed by atoms with Crippen LogP contribution in [-0.2, 0) is 6.54 Å². The van der Waals surface area contributed by atoms with Gasteiger partial charge >= 0.3 is 6.03 Å². The maximum absolute atomic E-state index is 13.1. The third kappa shape index (κ3) is 3.95. The van der Waals surface area contributed by atoms with Crippen LogP contribution in [0.3, 0.4) is 0 Å². The van der Waals surface area contributed by atoms with E-state index in [0.717, 1.165) is 16.7 Å². The summed E-state index contributed by atoms with van der Waals surface area (Å²) in [5.74, 6) is 0.799. The number of hydrogen-bond acceptors (Lipinski definition) is 3. The van der Waals surface area contributed by atoms with Crippen LogP contribution in [0.15, 0.2) is 48.7 Å². The Bertz CT molecular complexity index is 890. The number of hydrogen-bond donors (Lipinski definition) is 3. The van der Waals surface area contributed by atoms with Crippen molar-refractivity contribution in [2.45, 2.75) is 13.5 Å². The van der Waals surface area contributed by atoms with Gasteiger partial charge in [-0.05, 0) is 54.4 Å². The average molecular weight is 340 g/mol. The summed E-state index contributed by atoms with van der Waals surface area (Å²) in [6.07, 6.45) is 1.62. The van der Waals surface area contributed by atoms with Gasteiger partial charge < -0.3 is 15.8 Å². The van der Waals surface area contributed by atoms with Crippen LogP contribution in [0, 0.1) is 12.7 Å². The first-order chi connectivity index (χ1) is 12.0. The number of urea groups is 1. The number of aromatic nitrogens is 2. The lowest BCUT2D eigenvalue weighted by molar-refractivity contribution is 0.248. The molecule has 0 spiro atoms. The number of H-pyrrole nitrogens is 1. The van der Waals surface area contributed by atoms with E-state index in [1.165, 1.54) is 12.1 Å². The number of nitrogens with two attached hydrogens (primary N) is 1. The fourth-order valence-electron chi connectivity index (χ4n) is 2.38. The molecule has 0 saturated heterocycles. The SMILES string of the molecule is Cc1ccc(Oc2c[nH]nc2-c2ccc(F)cc2)cc1CNC(N)=O. The number of ether oxygens (including phenoxy) is 1. The zero-order valence-electron chi connectivity index (χ0n) is 13.5. The fourth-order valence-corrected chi connectivity index (χ4v) is 2.38. The van der Waals surface area contributed by atoms with Crippen LogP contribution in [0.2, 0.25) is 0 Å². The summed E-state index contributed by atoms with van der Waals surface area (Å²) in [7, 11) is 0. The van der Waals surface area contributed by atoms with E-state index in [1.54, 1.807) is 18.3 Å². The molecule has 1 aromatic heterocycles. The zero-order valence-corrected chi connectivity index (χ0v) is 13.5. The minimum absolute atomic E-state index is 0.313. The number of nitrogens with zero attached hydrogens (tertiary/aromatic N) is 1. The standard InChI is InChI=1S/C18H17FN4O2/c1-11-2-7-15(8-13(11)9-21-18(20)24)25-16-10-22-23-17(16)12-3-5-14(19)6-4-12/h2-8,10H,9H2,1H3,(H,22,23)(H3,20,21,24). The summed E-state index contributed by atoms with van der Waals surface area (Å²) in [4.78, 5) is 10.9. The first-order valence-corrected chi connectivity index (χ1v) is 7.63. The Morgan fingerprint density at radius 1 is 1.28 bits per heavy atom. The Morgan fingerprint density at radius 3 is 2.76 bits per heavy atom. The number of carbonyl (C=O) groups is 1. The molecule has 25 heavy (non-hydrogen) atoms. The van der Waals surface area contributed by atoms with Crippen molar-refractivity contribution in [1.29, 1.82) is 0 Å². The lowest BCUT2D eigenvalue weighted by atomic mass is 10.1. The van der Waals surface area contributed by atoms with E-state index >= 15 is 0 Å². The van der Waals surface area contributed by atoms with Gasteiger partial charge in [0.25, 0.3) is 0 Å². The van der Waals surface area contributed by atoms with Crippen molar-refractivity contribution < 1.29 is 13.9 Å². The molecule has 0 bridgehead atoms. The second-order valence-electron chi connectivity index (χ2n) is 5.51. The van der Waals surface area contributed by atoms with Crippen molar-refractivity contribution in [3.63, 3.8) is 0 Å². The van der Waals surface area contributed by atoms with Gasteiger partial charge in [0.05, 0.1) is 6.20 Å². The van der Waals surface area contributed by atoms with E-state index < -0.39 is 6.03 Å². The van der Waals surface area contributed by atoms with Crippen LogP contribution in [0.25, 0.3) is 11.3 Å². The van der Waals surface area contributed by atoms with Gasteiger partial charge in [0.2, 0.25) is 0 Å². The van der Waals surface area contributed by atoms with Crippen LogP contribution in [0.4, 0.5) is 9.18 Å². The number of carbonyl (C=O) groups excluding carboxylic acids is 1. The molecule has 0 atom stereocenters. The number of amides is 2. The number of nitrogens with one attached hydrogen (secondary N) is 2. The molecule has 0 saturated carbocycles. The maximum atomic E-state index is 13.1. The van der Waals surface area contributed by atoms with E-state index in [0.29, 0.717) is 23.7 Å². The normalized spacial score (nSPS) is 10.5. The van der Waals surface area contributed by atoms with Crippen molar-refractivity contribution in [2.75, 3.05) is 0 Å². The molecule has 2 aromatic carbocycles. The molecule has 0 aliphatic carbocycles. The Labute approximate surface area is 143 Å². The van der Waals surface area contributed by atoms with Gasteiger partial charge in [-0.25, -0.2) is 9.18 Å². The van der Waals surface area contributed by atoms with Gasteiger partial charge in [0, 0.05) is 12.1 Å². The Kier molecular flexibility index (Phi) is 4.65. The molecular formula is C18H17FN4O2. The molecule has 4 N–H and O–H groups in total. The van der Waals surface area contributed by atoms with Gasteiger partial charge in [-0.2, -0.15) is 5.10 Å². The lowest BCUT2D eigenvalue weighted by Gasteiger charge is -2.10. The Hall–Kier alpha value is -3.35. The predicted molar refractivity (Wildman–Crippen MR) is 91.7 cm³/mol. The number of benzene rings is 2. The molecule has 0 aliphatic heterocycles. The highest BCUT2D eigenvalue weighted by Gasteiger charge is 2.12. The van der Waals surface area contributed by atoms with Gasteiger partial charge in [-0.15, -0.1) is 0 Å². The minimum atomic E-state index is -0.584. The highest BCUT2D eigenvalue weighted by atomic mass is 19.1. The molecule has 0 fully saturated rings. The molecule has 128 valence electrons. The van der Waals surface area contributed by atoms with Crippen LogP contribution in [-0.4, -0.2) is 16.2 Å². The third-order valence-electron chi connectivity index (χ3n) is 3.72. The Balaban J connectivity index is 1.84. The summed E-state index contributed by atoms with van der Waals surface area (Å²) in [5, 5.41) is 9.48. The molecule has 7 heteroatoms. The highest BCUT2D eigenvalue weighted by molar-refractivity contribution is 5.71. The van der Waals surface area contributed by atoms with E-state index in [2.05, 4.69) is 15.5 Å². The second-order valence-corrected chi connectivity index (χ2v) is 5.51. The molecule has 1 heterocycles. The van der Waals surface area contributed by atoms with E-state index in [-0.39, 0.29) is 5.82 Å². The van der Waals surface area contributed by atoms with Crippen molar-refractivity contribution >= 4 is 6.03 Å². The van der Waals surface area contributed by atoms with Crippen molar-refractivity contribution in [3.8, 4) is 22.8 Å².